The van der Waals surface area contributed by atoms with Gasteiger partial charge in [-0.2, -0.15) is 0 Å². The second-order valence-electron chi connectivity index (χ2n) is 4.41. The van der Waals surface area contributed by atoms with E-state index in [1.807, 2.05) is 0 Å². The molecule has 0 bridgehead atoms. The van der Waals surface area contributed by atoms with Crippen LogP contribution in [0.4, 0.5) is 0 Å². The number of aryl methyl sites for hydroxylation is 1. The van der Waals surface area contributed by atoms with Crippen molar-refractivity contribution in [3.8, 4) is 0 Å². The van der Waals surface area contributed by atoms with Crippen LogP contribution in [0.5, 0.6) is 0 Å². The van der Waals surface area contributed by atoms with E-state index in [0.29, 0.717) is 0 Å². The van der Waals surface area contributed by atoms with Crippen LogP contribution in [-0.2, 0) is 0 Å². The number of halogens is 1. The molecule has 0 heterocycles. The van der Waals surface area contributed by atoms with Crippen molar-refractivity contribution < 1.29 is 0 Å². The molecule has 0 saturated heterocycles. The third kappa shape index (κ3) is 2.28. The Kier molecular flexibility index (Phi) is 3.31. The predicted octanol–water partition coefficient (Wildman–Crippen LogP) is 4.10. The lowest BCUT2D eigenvalue weighted by atomic mass is 10.0. The van der Waals surface area contributed by atoms with Gasteiger partial charge in [0.1, 0.15) is 0 Å². The molecule has 1 unspecified atom stereocenters. The molecule has 0 aliphatic rings. The van der Waals surface area contributed by atoms with E-state index in [1.165, 1.54) is 21.9 Å². The molecule has 0 aliphatic carbocycles. The first kappa shape index (κ1) is 11.6. The largest absolute Gasteiger partial charge is 0.293 e. The van der Waals surface area contributed by atoms with Gasteiger partial charge in [0, 0.05) is 0 Å². The molecular weight excluding hydrogens is 262 g/mol. The van der Waals surface area contributed by atoms with Crippen LogP contribution in [-0.4, -0.2) is 19.0 Å². The van der Waals surface area contributed by atoms with Crippen molar-refractivity contribution in [3.63, 3.8) is 0 Å². The van der Waals surface area contributed by atoms with E-state index >= 15 is 0 Å². The SMILES string of the molecule is Cc1ccc2cc(C(Br)N(C)C)ccc2c1. The highest BCUT2D eigenvalue weighted by atomic mass is 79.9. The first-order chi connectivity index (χ1) is 7.58. The summed E-state index contributed by atoms with van der Waals surface area (Å²) in [6, 6.07) is 13.2. The molecule has 0 saturated carbocycles. The lowest BCUT2D eigenvalue weighted by Gasteiger charge is -2.18. The van der Waals surface area contributed by atoms with Gasteiger partial charge in [-0.15, -0.1) is 0 Å². The fourth-order valence-electron chi connectivity index (χ4n) is 1.83. The minimum Gasteiger partial charge on any atom is -0.293 e. The van der Waals surface area contributed by atoms with Crippen LogP contribution in [0.3, 0.4) is 0 Å². The van der Waals surface area contributed by atoms with Crippen LogP contribution in [0.1, 0.15) is 16.1 Å². The second-order valence-corrected chi connectivity index (χ2v) is 5.28. The third-order valence-electron chi connectivity index (χ3n) is 2.75. The van der Waals surface area contributed by atoms with Crippen molar-refractivity contribution in [1.82, 2.24) is 4.90 Å². The molecule has 2 heteroatoms. The lowest BCUT2D eigenvalue weighted by molar-refractivity contribution is 0.398. The summed E-state index contributed by atoms with van der Waals surface area (Å²) in [7, 11) is 4.14. The summed E-state index contributed by atoms with van der Waals surface area (Å²) in [5.41, 5.74) is 2.60. The zero-order chi connectivity index (χ0) is 11.7. The molecule has 0 amide bonds. The number of rotatable bonds is 2. The molecule has 0 spiro atoms. The second kappa shape index (κ2) is 4.56. The zero-order valence-corrected chi connectivity index (χ0v) is 11.5. The summed E-state index contributed by atoms with van der Waals surface area (Å²) in [4.78, 5) is 2.42. The molecule has 0 fully saturated rings. The van der Waals surface area contributed by atoms with Crippen LogP contribution in [0, 0.1) is 6.92 Å². The lowest BCUT2D eigenvalue weighted by Crippen LogP contribution is -2.14. The van der Waals surface area contributed by atoms with E-state index in [2.05, 4.69) is 78.2 Å². The monoisotopic (exact) mass is 277 g/mol. The van der Waals surface area contributed by atoms with Gasteiger partial charge in [0.15, 0.2) is 0 Å². The Hall–Kier alpha value is -0.860. The van der Waals surface area contributed by atoms with Crippen LogP contribution in [0.25, 0.3) is 10.8 Å². The van der Waals surface area contributed by atoms with Crippen LogP contribution >= 0.6 is 15.9 Å². The maximum Gasteiger partial charge on any atom is 0.0906 e. The van der Waals surface area contributed by atoms with Gasteiger partial charge in [-0.05, 0) is 43.4 Å². The highest BCUT2D eigenvalue weighted by molar-refractivity contribution is 9.09. The van der Waals surface area contributed by atoms with Gasteiger partial charge < -0.3 is 0 Å². The number of alkyl halides is 1. The van der Waals surface area contributed by atoms with Crippen molar-refractivity contribution >= 4 is 26.7 Å². The summed E-state index contributed by atoms with van der Waals surface area (Å²) in [5.74, 6) is 0. The Morgan fingerprint density at radius 3 is 2.31 bits per heavy atom. The molecule has 84 valence electrons. The Morgan fingerprint density at radius 1 is 1.00 bits per heavy atom. The average molecular weight is 278 g/mol. The molecule has 16 heavy (non-hydrogen) atoms. The molecule has 2 rings (SSSR count). The van der Waals surface area contributed by atoms with Gasteiger partial charge in [0.2, 0.25) is 0 Å². The number of fused-ring (bicyclic) bond motifs is 1. The van der Waals surface area contributed by atoms with Crippen molar-refractivity contribution in [2.75, 3.05) is 14.1 Å². The minimum absolute atomic E-state index is 0.276. The van der Waals surface area contributed by atoms with E-state index < -0.39 is 0 Å². The van der Waals surface area contributed by atoms with E-state index in [9.17, 15) is 0 Å². The van der Waals surface area contributed by atoms with Gasteiger partial charge in [-0.1, -0.05) is 51.8 Å². The molecule has 0 radical (unpaired) electrons. The molecule has 2 aromatic carbocycles. The fourth-order valence-corrected chi connectivity index (χ4v) is 2.11. The average Bonchev–Trinajstić information content (AvgIpc) is 2.27. The standard InChI is InChI=1S/C14H16BrN/c1-10-4-5-12-9-13(14(15)16(2)3)7-6-11(12)8-10/h4-9,14H,1-3H3. The van der Waals surface area contributed by atoms with Crippen molar-refractivity contribution in [3.05, 3.63) is 47.5 Å². The van der Waals surface area contributed by atoms with Crippen LogP contribution in [0.2, 0.25) is 0 Å². The smallest absolute Gasteiger partial charge is 0.0906 e. The van der Waals surface area contributed by atoms with Gasteiger partial charge in [-0.25, -0.2) is 0 Å². The molecule has 1 nitrogen and oxygen atoms in total. The quantitative estimate of drug-likeness (QED) is 0.590. The summed E-state index contributed by atoms with van der Waals surface area (Å²) >= 11 is 3.68. The van der Waals surface area contributed by atoms with Crippen LogP contribution < -0.4 is 0 Å². The molecule has 0 aliphatic heterocycles. The summed E-state index contributed by atoms with van der Waals surface area (Å²) in [6.45, 7) is 2.13. The number of nitrogens with zero attached hydrogens (tertiary/aromatic N) is 1. The van der Waals surface area contributed by atoms with E-state index in [4.69, 9.17) is 0 Å². The van der Waals surface area contributed by atoms with Gasteiger partial charge >= 0.3 is 0 Å². The van der Waals surface area contributed by atoms with Crippen molar-refractivity contribution in [2.45, 2.75) is 11.9 Å². The highest BCUT2D eigenvalue weighted by Gasteiger charge is 2.09. The number of hydrogen-bond acceptors (Lipinski definition) is 1. The molecular formula is C14H16BrN. The third-order valence-corrected chi connectivity index (χ3v) is 4.10. The summed E-state index contributed by atoms with van der Waals surface area (Å²) < 4.78 is 0. The van der Waals surface area contributed by atoms with Crippen molar-refractivity contribution in [2.24, 2.45) is 0 Å². The Labute approximate surface area is 105 Å². The van der Waals surface area contributed by atoms with Gasteiger partial charge in [-0.3, -0.25) is 4.90 Å². The normalized spacial score (nSPS) is 13.3. The number of benzene rings is 2. The highest BCUT2D eigenvalue weighted by Crippen LogP contribution is 2.27. The molecule has 2 aromatic rings. The first-order valence-corrected chi connectivity index (χ1v) is 6.30. The first-order valence-electron chi connectivity index (χ1n) is 5.39. The molecule has 0 aromatic heterocycles. The van der Waals surface area contributed by atoms with Crippen molar-refractivity contribution in [1.29, 1.82) is 0 Å². The van der Waals surface area contributed by atoms with Crippen LogP contribution in [0.15, 0.2) is 36.4 Å². The molecule has 1 atom stereocenters. The Bertz CT molecular complexity index is 505. The molecule has 0 N–H and O–H groups in total. The maximum absolute atomic E-state index is 3.68. The van der Waals surface area contributed by atoms with Gasteiger partial charge in [0.25, 0.3) is 0 Å². The van der Waals surface area contributed by atoms with Gasteiger partial charge in [0.05, 0.1) is 4.95 Å². The Balaban J connectivity index is 2.48. The van der Waals surface area contributed by atoms with E-state index in [1.54, 1.807) is 0 Å². The fraction of sp³-hybridized carbons (Fsp3) is 0.286. The van der Waals surface area contributed by atoms with E-state index in [-0.39, 0.29) is 4.95 Å². The summed E-state index contributed by atoms with van der Waals surface area (Å²) in [6.07, 6.45) is 0. The topological polar surface area (TPSA) is 3.24 Å². The number of hydrogen-bond donors (Lipinski definition) is 0. The minimum atomic E-state index is 0.276. The Morgan fingerprint density at radius 2 is 1.62 bits per heavy atom. The van der Waals surface area contributed by atoms with E-state index in [0.717, 1.165) is 0 Å². The maximum atomic E-state index is 3.68. The summed E-state index contributed by atoms with van der Waals surface area (Å²) in [5, 5.41) is 2.61. The zero-order valence-electron chi connectivity index (χ0n) is 9.87. The predicted molar refractivity (Wildman–Crippen MR) is 74.0 cm³/mol.